The fourth-order valence-electron chi connectivity index (χ4n) is 2.40. The first-order chi connectivity index (χ1) is 13.6. The van der Waals surface area contributed by atoms with E-state index < -0.39 is 0 Å². The molecule has 1 N–H and O–H groups in total. The van der Waals surface area contributed by atoms with Gasteiger partial charge in [-0.3, -0.25) is 4.79 Å². The molecule has 0 aliphatic rings. The third kappa shape index (κ3) is 4.98. The van der Waals surface area contributed by atoms with Crippen molar-refractivity contribution < 1.29 is 9.53 Å². The summed E-state index contributed by atoms with van der Waals surface area (Å²) in [5.41, 5.74) is 5.88. The normalized spacial score (nSPS) is 11.3. The first-order valence-electron chi connectivity index (χ1n) is 8.61. The highest BCUT2D eigenvalue weighted by Gasteiger charge is 2.07. The molecule has 0 radical (unpaired) electrons. The van der Waals surface area contributed by atoms with Gasteiger partial charge in [0.25, 0.3) is 5.91 Å². The fourth-order valence-corrected chi connectivity index (χ4v) is 3.24. The molecule has 144 valence electrons. The summed E-state index contributed by atoms with van der Waals surface area (Å²) in [7, 11) is 3.53. The predicted octanol–water partition coefficient (Wildman–Crippen LogP) is 3.27. The largest absolute Gasteiger partial charge is 0.497 e. The second kappa shape index (κ2) is 9.18. The van der Waals surface area contributed by atoms with Crippen LogP contribution in [0.2, 0.25) is 0 Å². The Balaban J connectivity index is 1.57. The summed E-state index contributed by atoms with van der Waals surface area (Å²) < 4.78 is 7.01. The lowest BCUT2D eigenvalue weighted by molar-refractivity contribution is 0.0955. The number of aryl methyl sites for hydroxylation is 1. The molecule has 0 spiro atoms. The van der Waals surface area contributed by atoms with Crippen LogP contribution in [-0.2, 0) is 12.8 Å². The predicted molar refractivity (Wildman–Crippen MR) is 110 cm³/mol. The molecule has 0 bridgehead atoms. The van der Waals surface area contributed by atoms with Crippen molar-refractivity contribution in [2.45, 2.75) is 17.8 Å². The molecule has 1 aromatic heterocycles. The number of hydrazone groups is 1. The summed E-state index contributed by atoms with van der Waals surface area (Å²) in [6.45, 7) is 1.84. The minimum Gasteiger partial charge on any atom is -0.497 e. The summed E-state index contributed by atoms with van der Waals surface area (Å²) in [5.74, 6) is 1.28. The summed E-state index contributed by atoms with van der Waals surface area (Å²) in [4.78, 5) is 12.3. The topological polar surface area (TPSA) is 81.4 Å². The second-order valence-corrected chi connectivity index (χ2v) is 7.02. The van der Waals surface area contributed by atoms with Crippen molar-refractivity contribution >= 4 is 23.4 Å². The van der Waals surface area contributed by atoms with E-state index in [2.05, 4.69) is 20.7 Å². The van der Waals surface area contributed by atoms with E-state index in [4.69, 9.17) is 4.74 Å². The molecule has 1 heterocycles. The highest BCUT2D eigenvalue weighted by molar-refractivity contribution is 7.98. The van der Waals surface area contributed by atoms with Crippen molar-refractivity contribution in [1.82, 2.24) is 20.2 Å². The number of aromatic nitrogens is 3. The number of hydrogen-bond acceptors (Lipinski definition) is 6. The van der Waals surface area contributed by atoms with Gasteiger partial charge < -0.3 is 9.30 Å². The Morgan fingerprint density at radius 1 is 1.14 bits per heavy atom. The number of benzene rings is 2. The summed E-state index contributed by atoms with van der Waals surface area (Å²) in [6.07, 6.45) is 1.67. The zero-order valence-electron chi connectivity index (χ0n) is 15.9. The zero-order valence-corrected chi connectivity index (χ0v) is 16.7. The number of nitrogens with one attached hydrogen (secondary N) is 1. The van der Waals surface area contributed by atoms with Gasteiger partial charge in [0.15, 0.2) is 5.16 Å². The monoisotopic (exact) mass is 395 g/mol. The minimum atomic E-state index is -0.250. The maximum absolute atomic E-state index is 12.3. The molecule has 0 aliphatic carbocycles. The Kier molecular flexibility index (Phi) is 6.44. The first-order valence-corrected chi connectivity index (χ1v) is 9.60. The minimum absolute atomic E-state index is 0.250. The van der Waals surface area contributed by atoms with Crippen molar-refractivity contribution in [2.75, 3.05) is 7.11 Å². The molecule has 0 saturated carbocycles. The van der Waals surface area contributed by atoms with Crippen molar-refractivity contribution in [3.8, 4) is 5.75 Å². The Hall–Kier alpha value is -3.13. The van der Waals surface area contributed by atoms with E-state index >= 15 is 0 Å². The molecule has 28 heavy (non-hydrogen) atoms. The Bertz CT molecular complexity index is 965. The van der Waals surface area contributed by atoms with Gasteiger partial charge in [0.2, 0.25) is 0 Å². The lowest BCUT2D eigenvalue weighted by Crippen LogP contribution is -2.19. The molecule has 8 heteroatoms. The van der Waals surface area contributed by atoms with Crippen LogP contribution in [0.15, 0.2) is 65.1 Å². The number of rotatable bonds is 7. The maximum atomic E-state index is 12.3. The van der Waals surface area contributed by atoms with Crippen LogP contribution < -0.4 is 10.2 Å². The van der Waals surface area contributed by atoms with Gasteiger partial charge in [0.05, 0.1) is 12.8 Å². The molecule has 7 nitrogen and oxygen atoms in total. The van der Waals surface area contributed by atoms with Crippen LogP contribution in [0.1, 0.15) is 28.4 Å². The Labute approximate surface area is 167 Å². The molecule has 3 rings (SSSR count). The van der Waals surface area contributed by atoms with Crippen LogP contribution in [0.5, 0.6) is 5.75 Å². The van der Waals surface area contributed by atoms with E-state index in [0.29, 0.717) is 11.3 Å². The molecule has 0 atom stereocenters. The fraction of sp³-hybridized carbons (Fsp3) is 0.200. The van der Waals surface area contributed by atoms with Gasteiger partial charge in [-0.2, -0.15) is 5.10 Å². The van der Waals surface area contributed by atoms with Crippen LogP contribution in [0, 0.1) is 0 Å². The SMILES string of the molecule is COc1ccc(/C(C)=N\NC(=O)c2ccc(CSc3nncn3C)cc2)cc1. The standard InChI is InChI=1S/C20H21N5O2S/c1-14(16-8-10-18(27-3)11-9-16)22-23-19(26)17-6-4-15(5-7-17)12-28-20-24-21-13-25(20)2/h4-11,13H,12H2,1-3H3,(H,23,26)/b22-14-. The van der Waals surface area contributed by atoms with Crippen LogP contribution in [0.3, 0.4) is 0 Å². The van der Waals surface area contributed by atoms with E-state index in [9.17, 15) is 4.79 Å². The number of ether oxygens (including phenoxy) is 1. The van der Waals surface area contributed by atoms with E-state index in [-0.39, 0.29) is 5.91 Å². The van der Waals surface area contributed by atoms with Crippen molar-refractivity contribution in [1.29, 1.82) is 0 Å². The maximum Gasteiger partial charge on any atom is 0.271 e. The number of thioether (sulfide) groups is 1. The zero-order chi connectivity index (χ0) is 19.9. The lowest BCUT2D eigenvalue weighted by Gasteiger charge is -2.05. The number of nitrogens with zero attached hydrogens (tertiary/aromatic N) is 4. The Morgan fingerprint density at radius 2 is 1.82 bits per heavy atom. The lowest BCUT2D eigenvalue weighted by atomic mass is 10.1. The van der Waals surface area contributed by atoms with Gasteiger partial charge >= 0.3 is 0 Å². The van der Waals surface area contributed by atoms with E-state index in [1.165, 1.54) is 0 Å². The van der Waals surface area contributed by atoms with Crippen LogP contribution in [-0.4, -0.2) is 33.5 Å². The third-order valence-electron chi connectivity index (χ3n) is 4.09. The van der Waals surface area contributed by atoms with E-state index in [1.807, 2.05) is 54.9 Å². The van der Waals surface area contributed by atoms with Crippen LogP contribution in [0.25, 0.3) is 0 Å². The third-order valence-corrected chi connectivity index (χ3v) is 5.19. The van der Waals surface area contributed by atoms with Crippen LogP contribution in [0.4, 0.5) is 0 Å². The molecule has 0 saturated heterocycles. The Morgan fingerprint density at radius 3 is 2.43 bits per heavy atom. The van der Waals surface area contributed by atoms with Crippen LogP contribution >= 0.6 is 11.8 Å². The smallest absolute Gasteiger partial charge is 0.271 e. The highest BCUT2D eigenvalue weighted by atomic mass is 32.2. The number of hydrogen-bond donors (Lipinski definition) is 1. The highest BCUT2D eigenvalue weighted by Crippen LogP contribution is 2.20. The summed E-state index contributed by atoms with van der Waals surface area (Å²) in [5, 5.41) is 12.9. The van der Waals surface area contributed by atoms with Gasteiger partial charge in [0, 0.05) is 18.4 Å². The molecule has 2 aromatic carbocycles. The average Bonchev–Trinajstić information content (AvgIpc) is 3.15. The number of methoxy groups -OCH3 is 1. The molecular formula is C20H21N5O2S. The molecule has 0 unspecified atom stereocenters. The molecular weight excluding hydrogens is 374 g/mol. The van der Waals surface area contributed by atoms with E-state index in [0.717, 1.165) is 27.8 Å². The molecule has 1 amide bonds. The van der Waals surface area contributed by atoms with Gasteiger partial charge in [-0.15, -0.1) is 10.2 Å². The van der Waals surface area contributed by atoms with Crippen molar-refractivity contribution in [3.05, 3.63) is 71.5 Å². The number of carbonyl (C=O) groups is 1. The average molecular weight is 395 g/mol. The number of amides is 1. The molecule has 0 aliphatic heterocycles. The molecule has 3 aromatic rings. The molecule has 0 fully saturated rings. The van der Waals surface area contributed by atoms with Gasteiger partial charge in [-0.1, -0.05) is 23.9 Å². The van der Waals surface area contributed by atoms with Gasteiger partial charge in [-0.05, 0) is 54.4 Å². The summed E-state index contributed by atoms with van der Waals surface area (Å²) in [6, 6.07) is 14.9. The second-order valence-electron chi connectivity index (χ2n) is 6.08. The summed E-state index contributed by atoms with van der Waals surface area (Å²) >= 11 is 1.59. The quantitative estimate of drug-likeness (QED) is 0.377. The van der Waals surface area contributed by atoms with Gasteiger partial charge in [-0.25, -0.2) is 5.43 Å². The van der Waals surface area contributed by atoms with Crippen molar-refractivity contribution in [3.63, 3.8) is 0 Å². The first kappa shape index (κ1) is 19.6. The van der Waals surface area contributed by atoms with Crippen molar-refractivity contribution in [2.24, 2.45) is 12.1 Å². The number of carbonyl (C=O) groups excluding carboxylic acids is 1. The van der Waals surface area contributed by atoms with Gasteiger partial charge in [0.1, 0.15) is 12.1 Å². The van der Waals surface area contributed by atoms with E-state index in [1.54, 1.807) is 37.3 Å².